The van der Waals surface area contributed by atoms with Crippen molar-refractivity contribution in [1.29, 1.82) is 0 Å². The zero-order valence-corrected chi connectivity index (χ0v) is 9.79. The number of nitrogens with zero attached hydrogens (tertiary/aromatic N) is 3. The van der Waals surface area contributed by atoms with Crippen molar-refractivity contribution in [2.75, 3.05) is 18.0 Å². The fourth-order valence-corrected chi connectivity index (χ4v) is 2.71. The summed E-state index contributed by atoms with van der Waals surface area (Å²) in [5.41, 5.74) is -0.689. The zero-order valence-electron chi connectivity index (χ0n) is 9.79. The normalized spacial score (nSPS) is 25.0. The van der Waals surface area contributed by atoms with Crippen LogP contribution in [0.25, 0.3) is 0 Å². The standard InChI is InChI=1S/C12H15F2N3/c1-9-15-5-2-10(16-9)17-6-3-11(4-7-17)8-12(11,13)14/h2,5H,3-4,6-8H2,1H3. The number of aromatic nitrogens is 2. The monoisotopic (exact) mass is 239 g/mol. The molecule has 17 heavy (non-hydrogen) atoms. The van der Waals surface area contributed by atoms with Crippen LogP contribution in [-0.2, 0) is 0 Å². The third-order valence-electron chi connectivity index (χ3n) is 4.02. The fraction of sp³-hybridized carbons (Fsp3) is 0.667. The molecule has 0 N–H and O–H groups in total. The lowest BCUT2D eigenvalue weighted by Gasteiger charge is -2.33. The molecule has 2 aliphatic rings. The number of halogens is 2. The first-order chi connectivity index (χ1) is 8.02. The highest BCUT2D eigenvalue weighted by Gasteiger charge is 2.70. The Bertz CT molecular complexity index is 439. The molecular weight excluding hydrogens is 224 g/mol. The summed E-state index contributed by atoms with van der Waals surface area (Å²) in [5.74, 6) is -0.836. The summed E-state index contributed by atoms with van der Waals surface area (Å²) in [6.45, 7) is 3.18. The van der Waals surface area contributed by atoms with Crippen molar-refractivity contribution in [2.24, 2.45) is 5.41 Å². The molecule has 1 aliphatic carbocycles. The third-order valence-corrected chi connectivity index (χ3v) is 4.02. The summed E-state index contributed by atoms with van der Waals surface area (Å²) in [4.78, 5) is 10.4. The maximum absolute atomic E-state index is 13.2. The Morgan fingerprint density at radius 2 is 1.94 bits per heavy atom. The van der Waals surface area contributed by atoms with E-state index in [1.807, 2.05) is 13.0 Å². The summed E-state index contributed by atoms with van der Waals surface area (Å²) in [6.07, 6.45) is 2.94. The molecule has 3 nitrogen and oxygen atoms in total. The van der Waals surface area contributed by atoms with Gasteiger partial charge in [0.05, 0.1) is 0 Å². The SMILES string of the molecule is Cc1nccc(N2CCC3(CC2)CC3(F)F)n1. The van der Waals surface area contributed by atoms with Crippen molar-refractivity contribution in [2.45, 2.75) is 32.1 Å². The number of hydrogen-bond acceptors (Lipinski definition) is 3. The first-order valence-electron chi connectivity index (χ1n) is 5.95. The largest absolute Gasteiger partial charge is 0.356 e. The van der Waals surface area contributed by atoms with Crippen molar-refractivity contribution >= 4 is 5.82 Å². The smallest absolute Gasteiger partial charge is 0.254 e. The van der Waals surface area contributed by atoms with Crippen LogP contribution in [0.4, 0.5) is 14.6 Å². The molecule has 0 radical (unpaired) electrons. The van der Waals surface area contributed by atoms with Crippen LogP contribution in [0.5, 0.6) is 0 Å². The number of rotatable bonds is 1. The summed E-state index contributed by atoms with van der Waals surface area (Å²) in [6, 6.07) is 1.84. The van der Waals surface area contributed by atoms with E-state index in [9.17, 15) is 8.78 Å². The number of piperidine rings is 1. The summed E-state index contributed by atoms with van der Waals surface area (Å²) < 4.78 is 26.4. The number of aryl methyl sites for hydroxylation is 1. The molecule has 2 heterocycles. The van der Waals surface area contributed by atoms with Crippen LogP contribution in [0, 0.1) is 12.3 Å². The highest BCUT2D eigenvalue weighted by molar-refractivity contribution is 5.39. The number of alkyl halides is 2. The Hall–Kier alpha value is -1.26. The molecule has 3 rings (SSSR count). The molecule has 1 aromatic heterocycles. The van der Waals surface area contributed by atoms with Gasteiger partial charge in [0.15, 0.2) is 0 Å². The minimum atomic E-state index is -2.42. The van der Waals surface area contributed by atoms with E-state index < -0.39 is 11.3 Å². The minimum absolute atomic E-state index is 0.0800. The van der Waals surface area contributed by atoms with Crippen LogP contribution in [0.1, 0.15) is 25.1 Å². The molecule has 1 saturated carbocycles. The molecule has 92 valence electrons. The van der Waals surface area contributed by atoms with Crippen LogP contribution < -0.4 is 4.90 Å². The first kappa shape index (κ1) is 10.9. The second-order valence-corrected chi connectivity index (χ2v) is 5.11. The quantitative estimate of drug-likeness (QED) is 0.753. The Labute approximate surface area is 98.9 Å². The van der Waals surface area contributed by atoms with E-state index in [1.165, 1.54) is 0 Å². The van der Waals surface area contributed by atoms with E-state index in [0.717, 1.165) is 11.6 Å². The van der Waals surface area contributed by atoms with Gasteiger partial charge in [-0.15, -0.1) is 0 Å². The Morgan fingerprint density at radius 3 is 2.47 bits per heavy atom. The van der Waals surface area contributed by atoms with E-state index in [4.69, 9.17) is 0 Å². The van der Waals surface area contributed by atoms with Gasteiger partial charge >= 0.3 is 0 Å². The van der Waals surface area contributed by atoms with E-state index in [1.54, 1.807) is 6.20 Å². The maximum Gasteiger partial charge on any atom is 0.254 e. The minimum Gasteiger partial charge on any atom is -0.356 e. The fourth-order valence-electron chi connectivity index (χ4n) is 2.71. The van der Waals surface area contributed by atoms with Gasteiger partial charge in [-0.25, -0.2) is 18.7 Å². The van der Waals surface area contributed by atoms with E-state index in [0.29, 0.717) is 25.9 Å². The average Bonchev–Trinajstić information content (AvgIpc) is 2.80. The van der Waals surface area contributed by atoms with Gasteiger partial charge in [-0.2, -0.15) is 0 Å². The Morgan fingerprint density at radius 1 is 1.29 bits per heavy atom. The topological polar surface area (TPSA) is 29.0 Å². The molecule has 0 unspecified atom stereocenters. The number of hydrogen-bond donors (Lipinski definition) is 0. The molecule has 0 amide bonds. The highest BCUT2D eigenvalue weighted by atomic mass is 19.3. The molecule has 0 bridgehead atoms. The summed E-state index contributed by atoms with van der Waals surface area (Å²) in [7, 11) is 0. The van der Waals surface area contributed by atoms with E-state index >= 15 is 0 Å². The van der Waals surface area contributed by atoms with Crippen molar-refractivity contribution in [3.8, 4) is 0 Å². The predicted molar refractivity (Wildman–Crippen MR) is 60.2 cm³/mol. The van der Waals surface area contributed by atoms with Gasteiger partial charge in [0.2, 0.25) is 0 Å². The van der Waals surface area contributed by atoms with Crippen LogP contribution in [-0.4, -0.2) is 29.0 Å². The summed E-state index contributed by atoms with van der Waals surface area (Å²) in [5, 5.41) is 0. The molecule has 1 aliphatic heterocycles. The van der Waals surface area contributed by atoms with E-state index in [-0.39, 0.29) is 6.42 Å². The van der Waals surface area contributed by atoms with Crippen LogP contribution in [0.15, 0.2) is 12.3 Å². The van der Waals surface area contributed by atoms with E-state index in [2.05, 4.69) is 14.9 Å². The molecule has 0 aromatic carbocycles. The highest BCUT2D eigenvalue weighted by Crippen LogP contribution is 2.65. The van der Waals surface area contributed by atoms with Gasteiger partial charge in [-0.1, -0.05) is 0 Å². The molecular formula is C12H15F2N3. The van der Waals surface area contributed by atoms with Gasteiger partial charge in [-0.05, 0) is 25.8 Å². The number of anilines is 1. The maximum atomic E-state index is 13.2. The van der Waals surface area contributed by atoms with Crippen LogP contribution >= 0.6 is 0 Å². The average molecular weight is 239 g/mol. The second kappa shape index (κ2) is 3.37. The van der Waals surface area contributed by atoms with Gasteiger partial charge in [0.25, 0.3) is 5.92 Å². The lowest BCUT2D eigenvalue weighted by molar-refractivity contribution is 0.0536. The van der Waals surface area contributed by atoms with Crippen LogP contribution in [0.2, 0.25) is 0 Å². The predicted octanol–water partition coefficient (Wildman–Crippen LogP) is 2.41. The van der Waals surface area contributed by atoms with Gasteiger partial charge < -0.3 is 4.90 Å². The lowest BCUT2D eigenvalue weighted by Crippen LogP contribution is -2.37. The molecule has 1 saturated heterocycles. The Balaban J connectivity index is 1.70. The zero-order chi connectivity index (χ0) is 12.1. The molecule has 2 fully saturated rings. The van der Waals surface area contributed by atoms with Crippen molar-refractivity contribution in [1.82, 2.24) is 9.97 Å². The first-order valence-corrected chi connectivity index (χ1v) is 5.95. The Kier molecular flexibility index (Phi) is 2.15. The van der Waals surface area contributed by atoms with Crippen molar-refractivity contribution in [3.05, 3.63) is 18.1 Å². The summed E-state index contributed by atoms with van der Waals surface area (Å²) >= 11 is 0. The third kappa shape index (κ3) is 1.68. The van der Waals surface area contributed by atoms with Gasteiger partial charge in [0, 0.05) is 31.1 Å². The second-order valence-electron chi connectivity index (χ2n) is 5.11. The van der Waals surface area contributed by atoms with Gasteiger partial charge in [-0.3, -0.25) is 0 Å². The van der Waals surface area contributed by atoms with Crippen molar-refractivity contribution < 1.29 is 8.78 Å². The van der Waals surface area contributed by atoms with Gasteiger partial charge in [0.1, 0.15) is 11.6 Å². The lowest BCUT2D eigenvalue weighted by atomic mass is 9.93. The molecule has 5 heteroatoms. The van der Waals surface area contributed by atoms with Crippen LogP contribution in [0.3, 0.4) is 0 Å². The molecule has 1 aromatic rings. The molecule has 0 atom stereocenters. The molecule has 1 spiro atoms. The van der Waals surface area contributed by atoms with Crippen molar-refractivity contribution in [3.63, 3.8) is 0 Å².